The summed E-state index contributed by atoms with van der Waals surface area (Å²) in [5, 5.41) is 0. The fourth-order valence-corrected chi connectivity index (χ4v) is 3.19. The third kappa shape index (κ3) is 5.83. The van der Waals surface area contributed by atoms with Crippen LogP contribution in [0.5, 0.6) is 0 Å². The number of benzene rings is 1. The van der Waals surface area contributed by atoms with E-state index in [9.17, 15) is 9.35 Å². The number of pyridine rings is 1. The van der Waals surface area contributed by atoms with Gasteiger partial charge in [0, 0.05) is 29.3 Å². The van der Waals surface area contributed by atoms with E-state index in [2.05, 4.69) is 9.71 Å². The molecule has 1 unspecified atom stereocenters. The van der Waals surface area contributed by atoms with Gasteiger partial charge in [-0.2, -0.15) is 0 Å². The molecule has 1 N–H and O–H groups in total. The van der Waals surface area contributed by atoms with E-state index in [4.69, 9.17) is 4.74 Å². The van der Waals surface area contributed by atoms with E-state index in [1.165, 1.54) is 0 Å². The molecular weight excluding hydrogens is 348 g/mol. The first-order valence-electron chi connectivity index (χ1n) is 8.65. The van der Waals surface area contributed by atoms with Gasteiger partial charge in [0.05, 0.1) is 19.1 Å². The Morgan fingerprint density at radius 3 is 2.54 bits per heavy atom. The zero-order valence-electron chi connectivity index (χ0n) is 15.7. The molecular formula is C20H26N2O3S. The van der Waals surface area contributed by atoms with Gasteiger partial charge in [-0.05, 0) is 44.9 Å². The van der Waals surface area contributed by atoms with E-state index >= 15 is 0 Å². The number of hydrogen-bond donors (Lipinski definition) is 1. The lowest BCUT2D eigenvalue weighted by atomic mass is 10.0. The second-order valence-electron chi connectivity index (χ2n) is 6.93. The van der Waals surface area contributed by atoms with E-state index in [1.54, 1.807) is 19.3 Å². The minimum absolute atomic E-state index is 0.0928. The molecule has 2 aromatic rings. The van der Waals surface area contributed by atoms with Gasteiger partial charge < -0.3 is 9.29 Å². The van der Waals surface area contributed by atoms with Crippen molar-refractivity contribution < 1.29 is 14.1 Å². The van der Waals surface area contributed by atoms with Crippen LogP contribution in [-0.2, 0) is 20.9 Å². The average molecular weight is 375 g/mol. The molecule has 2 atom stereocenters. The van der Waals surface area contributed by atoms with Crippen LogP contribution in [0.4, 0.5) is 0 Å². The van der Waals surface area contributed by atoms with Crippen molar-refractivity contribution in [2.75, 3.05) is 6.61 Å². The van der Waals surface area contributed by atoms with Crippen LogP contribution in [-0.4, -0.2) is 26.9 Å². The average Bonchev–Trinajstić information content (AvgIpc) is 2.61. The van der Waals surface area contributed by atoms with Crippen LogP contribution < -0.4 is 4.72 Å². The first-order chi connectivity index (χ1) is 12.3. The number of aromatic nitrogens is 1. The highest BCUT2D eigenvalue weighted by atomic mass is 32.2. The van der Waals surface area contributed by atoms with Crippen LogP contribution in [0.3, 0.4) is 0 Å². The Balaban J connectivity index is 2.30. The molecule has 0 saturated carbocycles. The minimum Gasteiger partial charge on any atom is -0.598 e. The third-order valence-corrected chi connectivity index (χ3v) is 5.36. The van der Waals surface area contributed by atoms with Crippen LogP contribution >= 0.6 is 0 Å². The maximum atomic E-state index is 12.6. The Bertz CT molecular complexity index is 716. The van der Waals surface area contributed by atoms with Gasteiger partial charge >= 0.3 is 5.97 Å². The molecule has 0 fully saturated rings. The van der Waals surface area contributed by atoms with Gasteiger partial charge in [-0.1, -0.05) is 30.3 Å². The Labute approximate surface area is 158 Å². The summed E-state index contributed by atoms with van der Waals surface area (Å²) in [6.45, 7) is 7.74. The molecule has 0 amide bonds. The van der Waals surface area contributed by atoms with Crippen LogP contribution in [0.25, 0.3) is 11.1 Å². The lowest BCUT2D eigenvalue weighted by molar-refractivity contribution is -0.143. The van der Waals surface area contributed by atoms with Crippen LogP contribution in [0.2, 0.25) is 0 Å². The van der Waals surface area contributed by atoms with E-state index in [0.29, 0.717) is 6.61 Å². The number of rotatable bonds is 7. The van der Waals surface area contributed by atoms with Crippen LogP contribution in [0.1, 0.15) is 45.7 Å². The monoisotopic (exact) mass is 374 g/mol. The van der Waals surface area contributed by atoms with E-state index in [-0.39, 0.29) is 12.4 Å². The van der Waals surface area contributed by atoms with Crippen LogP contribution in [0, 0.1) is 0 Å². The molecule has 0 aliphatic rings. The summed E-state index contributed by atoms with van der Waals surface area (Å²) in [4.78, 5) is 16.3. The Morgan fingerprint density at radius 2 is 1.92 bits per heavy atom. The highest BCUT2D eigenvalue weighted by Crippen LogP contribution is 2.26. The van der Waals surface area contributed by atoms with Crippen molar-refractivity contribution in [3.63, 3.8) is 0 Å². The number of nitrogens with zero attached hydrogens (tertiary/aromatic N) is 1. The Hall–Kier alpha value is -1.89. The molecule has 0 radical (unpaired) electrons. The molecule has 140 valence electrons. The van der Waals surface area contributed by atoms with Crippen molar-refractivity contribution >= 4 is 17.3 Å². The van der Waals surface area contributed by atoms with Gasteiger partial charge in [-0.15, -0.1) is 4.72 Å². The van der Waals surface area contributed by atoms with Crippen molar-refractivity contribution in [2.24, 2.45) is 0 Å². The molecule has 1 heterocycles. The molecule has 0 spiro atoms. The van der Waals surface area contributed by atoms with Gasteiger partial charge in [-0.3, -0.25) is 9.78 Å². The number of carbonyl (C=O) groups is 1. The summed E-state index contributed by atoms with van der Waals surface area (Å²) >= 11 is -1.32. The van der Waals surface area contributed by atoms with Crippen LogP contribution in [0.15, 0.2) is 48.8 Å². The van der Waals surface area contributed by atoms with E-state index in [1.807, 2.05) is 57.2 Å². The lowest BCUT2D eigenvalue weighted by Crippen LogP contribution is -2.42. The molecule has 26 heavy (non-hydrogen) atoms. The predicted octanol–water partition coefficient (Wildman–Crippen LogP) is 3.79. The number of nitrogens with one attached hydrogen (secondary N) is 1. The number of esters is 1. The molecule has 2 rings (SSSR count). The molecule has 6 heteroatoms. The number of ether oxygens (including phenoxy) is 1. The van der Waals surface area contributed by atoms with Crippen molar-refractivity contribution in [1.82, 2.24) is 9.71 Å². The molecule has 5 nitrogen and oxygen atoms in total. The van der Waals surface area contributed by atoms with Gasteiger partial charge in [0.1, 0.15) is 4.75 Å². The maximum Gasteiger partial charge on any atom is 0.307 e. The third-order valence-electron chi connectivity index (χ3n) is 3.75. The van der Waals surface area contributed by atoms with E-state index < -0.39 is 22.2 Å². The summed E-state index contributed by atoms with van der Waals surface area (Å²) < 4.78 is 20.3. The Kier molecular flexibility index (Phi) is 7.20. The normalized spacial score (nSPS) is 13.9. The van der Waals surface area contributed by atoms with Gasteiger partial charge in [0.2, 0.25) is 0 Å². The SMILES string of the molecule is CCOC(=O)CC(N[S@+]([O-])C(C)(C)C)c1cncc(-c2ccccc2)c1. The van der Waals surface area contributed by atoms with Gasteiger partial charge in [0.15, 0.2) is 0 Å². The van der Waals surface area contributed by atoms with Crippen molar-refractivity contribution in [3.05, 3.63) is 54.4 Å². The first-order valence-corrected chi connectivity index (χ1v) is 9.80. The zero-order valence-corrected chi connectivity index (χ0v) is 16.5. The van der Waals surface area contributed by atoms with Crippen molar-refractivity contribution in [3.8, 4) is 11.1 Å². The summed E-state index contributed by atoms with van der Waals surface area (Å²) in [7, 11) is 0. The van der Waals surface area contributed by atoms with Crippen molar-refractivity contribution in [1.29, 1.82) is 0 Å². The molecule has 0 aliphatic carbocycles. The molecule has 0 bridgehead atoms. The maximum absolute atomic E-state index is 12.6. The van der Waals surface area contributed by atoms with E-state index in [0.717, 1.165) is 16.7 Å². The second kappa shape index (κ2) is 9.16. The predicted molar refractivity (Wildman–Crippen MR) is 105 cm³/mol. The quantitative estimate of drug-likeness (QED) is 0.589. The van der Waals surface area contributed by atoms with Gasteiger partial charge in [0.25, 0.3) is 0 Å². The fraction of sp³-hybridized carbons (Fsp3) is 0.400. The first kappa shape index (κ1) is 20.4. The zero-order chi connectivity index (χ0) is 19.2. The smallest absolute Gasteiger partial charge is 0.307 e. The molecule has 1 aromatic carbocycles. The molecule has 0 saturated heterocycles. The Morgan fingerprint density at radius 1 is 1.23 bits per heavy atom. The molecule has 1 aromatic heterocycles. The second-order valence-corrected chi connectivity index (χ2v) is 8.93. The minimum atomic E-state index is -1.32. The van der Waals surface area contributed by atoms with Gasteiger partial charge in [-0.25, -0.2) is 0 Å². The number of carbonyl (C=O) groups excluding carboxylic acids is 1. The lowest BCUT2D eigenvalue weighted by Gasteiger charge is -2.27. The topological polar surface area (TPSA) is 74.3 Å². The molecule has 0 aliphatic heterocycles. The highest BCUT2D eigenvalue weighted by molar-refractivity contribution is 7.90. The number of hydrogen-bond acceptors (Lipinski definition) is 5. The summed E-state index contributed by atoms with van der Waals surface area (Å²) in [5.74, 6) is -0.332. The summed E-state index contributed by atoms with van der Waals surface area (Å²) in [6, 6.07) is 11.4. The van der Waals surface area contributed by atoms with Crippen molar-refractivity contribution in [2.45, 2.75) is 44.9 Å². The largest absolute Gasteiger partial charge is 0.598 e. The summed E-state index contributed by atoms with van der Waals surface area (Å²) in [5.41, 5.74) is 2.78. The fourth-order valence-electron chi connectivity index (χ4n) is 2.36. The standard InChI is InChI=1S/C20H26N2O3S/c1-5-25-19(23)12-18(22-26(24)20(2,3)4)17-11-16(13-21-14-17)15-9-7-6-8-10-15/h6-11,13-14,18,22H,5,12H2,1-4H3/t18?,26-/m1/s1. The highest BCUT2D eigenvalue weighted by Gasteiger charge is 2.31. The summed E-state index contributed by atoms with van der Waals surface area (Å²) in [6.07, 6.45) is 3.57.